The zero-order chi connectivity index (χ0) is 21.5. The molecule has 1 fully saturated rings. The lowest BCUT2D eigenvalue weighted by molar-refractivity contribution is 0.103. The van der Waals surface area contributed by atoms with Gasteiger partial charge in [0, 0.05) is 43.3 Å². The Bertz CT molecular complexity index is 1260. The van der Waals surface area contributed by atoms with Crippen molar-refractivity contribution in [3.8, 4) is 11.1 Å². The van der Waals surface area contributed by atoms with Gasteiger partial charge >= 0.3 is 0 Å². The molecule has 5 rings (SSSR count). The normalized spacial score (nSPS) is 14.3. The van der Waals surface area contributed by atoms with E-state index in [1.165, 1.54) is 11.3 Å². The van der Waals surface area contributed by atoms with Crippen molar-refractivity contribution >= 4 is 39.1 Å². The van der Waals surface area contributed by atoms with E-state index >= 15 is 0 Å². The lowest BCUT2D eigenvalue weighted by Crippen LogP contribution is -2.57. The summed E-state index contributed by atoms with van der Waals surface area (Å²) in [5.41, 5.74) is 2.81. The highest BCUT2D eigenvalue weighted by molar-refractivity contribution is 7.17. The van der Waals surface area contributed by atoms with Gasteiger partial charge in [0.15, 0.2) is 10.9 Å². The predicted octanol–water partition coefficient (Wildman–Crippen LogP) is 2.49. The van der Waals surface area contributed by atoms with Crippen LogP contribution in [0.3, 0.4) is 0 Å². The summed E-state index contributed by atoms with van der Waals surface area (Å²) in [7, 11) is 6.04. The quantitative estimate of drug-likeness (QED) is 0.516. The van der Waals surface area contributed by atoms with Gasteiger partial charge in [-0.2, -0.15) is 5.10 Å². The molecule has 0 radical (unpaired) electrons. The Hall–Kier alpha value is -3.37. The van der Waals surface area contributed by atoms with Crippen molar-refractivity contribution in [3.05, 3.63) is 47.7 Å². The van der Waals surface area contributed by atoms with Crippen LogP contribution in [-0.4, -0.2) is 69.0 Å². The summed E-state index contributed by atoms with van der Waals surface area (Å²) < 4.78 is 1.76. The molecular weight excluding hydrogens is 412 g/mol. The number of aromatic nitrogens is 5. The number of likely N-dealkylation sites (N-methyl/N-ethyl adjacent to an activating group) is 1. The molecule has 1 N–H and O–H groups in total. The van der Waals surface area contributed by atoms with E-state index in [-0.39, 0.29) is 5.91 Å². The summed E-state index contributed by atoms with van der Waals surface area (Å²) >= 11 is 1.39. The second kappa shape index (κ2) is 7.71. The molecule has 1 aliphatic rings. The van der Waals surface area contributed by atoms with E-state index in [0.29, 0.717) is 16.7 Å². The highest BCUT2D eigenvalue weighted by atomic mass is 32.1. The minimum Gasteiger partial charge on any atom is -0.345 e. The number of nitrogens with zero attached hydrogens (tertiary/aromatic N) is 7. The third-order valence-corrected chi connectivity index (χ3v) is 6.50. The van der Waals surface area contributed by atoms with Gasteiger partial charge in [-0.25, -0.2) is 4.98 Å². The van der Waals surface area contributed by atoms with Crippen molar-refractivity contribution in [3.63, 3.8) is 0 Å². The second-order valence-electron chi connectivity index (χ2n) is 7.89. The number of hydrogen-bond donors (Lipinski definition) is 1. The first-order valence-electron chi connectivity index (χ1n) is 9.91. The molecule has 0 spiro atoms. The molecule has 3 aromatic heterocycles. The maximum atomic E-state index is 12.7. The van der Waals surface area contributed by atoms with Crippen LogP contribution in [-0.2, 0) is 7.05 Å². The molecule has 158 valence electrons. The number of fused-ring (bicyclic) bond motifs is 1. The maximum Gasteiger partial charge on any atom is 0.268 e. The van der Waals surface area contributed by atoms with E-state index < -0.39 is 0 Å². The molecular formula is C21H22N8OS. The smallest absolute Gasteiger partial charge is 0.268 e. The van der Waals surface area contributed by atoms with Crippen LogP contribution in [0, 0.1) is 0 Å². The highest BCUT2D eigenvalue weighted by Crippen LogP contribution is 2.28. The van der Waals surface area contributed by atoms with Gasteiger partial charge in [-0.05, 0) is 37.9 Å². The van der Waals surface area contributed by atoms with E-state index in [2.05, 4.69) is 49.5 Å². The summed E-state index contributed by atoms with van der Waals surface area (Å²) in [5.74, 6) is 0.179. The first kappa shape index (κ1) is 19.6. The van der Waals surface area contributed by atoms with Crippen LogP contribution in [0.5, 0.6) is 0 Å². The minimum absolute atomic E-state index is 0.231. The predicted molar refractivity (Wildman–Crippen MR) is 121 cm³/mol. The summed E-state index contributed by atoms with van der Waals surface area (Å²) in [6, 6.07) is 8.29. The molecule has 0 saturated carbocycles. The fourth-order valence-electron chi connectivity index (χ4n) is 3.49. The Morgan fingerprint density at radius 3 is 2.74 bits per heavy atom. The average Bonchev–Trinajstić information content (AvgIpc) is 3.35. The van der Waals surface area contributed by atoms with Gasteiger partial charge in [0.2, 0.25) is 0 Å². The molecule has 4 heterocycles. The van der Waals surface area contributed by atoms with Crippen molar-refractivity contribution in [1.82, 2.24) is 29.9 Å². The van der Waals surface area contributed by atoms with Crippen LogP contribution < -0.4 is 10.2 Å². The average molecular weight is 435 g/mol. The summed E-state index contributed by atoms with van der Waals surface area (Å²) in [6.45, 7) is 1.86. The monoisotopic (exact) mass is 434 g/mol. The Labute approximate surface area is 183 Å². The molecule has 1 saturated heterocycles. The van der Waals surface area contributed by atoms with Gasteiger partial charge in [-0.1, -0.05) is 17.4 Å². The zero-order valence-electron chi connectivity index (χ0n) is 17.5. The molecule has 0 unspecified atom stereocenters. The number of carbonyl (C=O) groups is 1. The maximum absolute atomic E-state index is 12.7. The first-order chi connectivity index (χ1) is 15.0. The van der Waals surface area contributed by atoms with Crippen molar-refractivity contribution in [2.24, 2.45) is 7.05 Å². The molecule has 4 aromatic rings. The zero-order valence-corrected chi connectivity index (χ0v) is 18.3. The number of carbonyl (C=O) groups excluding carboxylic acids is 1. The van der Waals surface area contributed by atoms with Gasteiger partial charge in [-0.15, -0.1) is 10.2 Å². The molecule has 10 heteroatoms. The van der Waals surface area contributed by atoms with Gasteiger partial charge in [0.1, 0.15) is 4.88 Å². The van der Waals surface area contributed by atoms with Gasteiger partial charge < -0.3 is 15.1 Å². The summed E-state index contributed by atoms with van der Waals surface area (Å²) in [6.07, 6.45) is 5.39. The number of aryl methyl sites for hydroxylation is 1. The molecule has 31 heavy (non-hydrogen) atoms. The van der Waals surface area contributed by atoms with Gasteiger partial charge in [0.25, 0.3) is 5.91 Å². The van der Waals surface area contributed by atoms with Crippen LogP contribution in [0.25, 0.3) is 22.0 Å². The molecule has 0 atom stereocenters. The Morgan fingerprint density at radius 2 is 2.00 bits per heavy atom. The van der Waals surface area contributed by atoms with E-state index in [1.54, 1.807) is 10.9 Å². The summed E-state index contributed by atoms with van der Waals surface area (Å²) in [4.78, 5) is 22.1. The number of benzene rings is 1. The molecule has 1 amide bonds. The fourth-order valence-corrected chi connectivity index (χ4v) is 4.32. The molecule has 1 aliphatic heterocycles. The number of thiazole rings is 1. The highest BCUT2D eigenvalue weighted by Gasteiger charge is 2.30. The topological polar surface area (TPSA) is 92.1 Å². The first-order valence-corrected chi connectivity index (χ1v) is 10.7. The number of nitrogens with one attached hydrogen (secondary N) is 1. The van der Waals surface area contributed by atoms with Crippen LogP contribution in [0.15, 0.2) is 42.9 Å². The summed E-state index contributed by atoms with van der Waals surface area (Å²) in [5, 5.41) is 17.2. The van der Waals surface area contributed by atoms with Crippen molar-refractivity contribution in [2.45, 2.75) is 6.04 Å². The lowest BCUT2D eigenvalue weighted by Gasteiger charge is -2.42. The van der Waals surface area contributed by atoms with E-state index in [4.69, 9.17) is 0 Å². The Kier molecular flexibility index (Phi) is 4.87. The fraction of sp³-hybridized carbons (Fsp3) is 0.286. The van der Waals surface area contributed by atoms with Crippen LogP contribution in [0.4, 0.5) is 10.9 Å². The van der Waals surface area contributed by atoms with Gasteiger partial charge in [-0.3, -0.25) is 9.48 Å². The van der Waals surface area contributed by atoms with E-state index in [1.807, 2.05) is 43.7 Å². The van der Waals surface area contributed by atoms with Crippen LogP contribution in [0.1, 0.15) is 9.67 Å². The molecule has 1 aromatic carbocycles. The lowest BCUT2D eigenvalue weighted by atomic mass is 10.1. The van der Waals surface area contributed by atoms with Crippen LogP contribution in [0.2, 0.25) is 0 Å². The molecule has 9 nitrogen and oxygen atoms in total. The number of anilines is 2. The molecule has 0 bridgehead atoms. The van der Waals surface area contributed by atoms with E-state index in [0.717, 1.165) is 40.3 Å². The van der Waals surface area contributed by atoms with E-state index in [9.17, 15) is 4.79 Å². The van der Waals surface area contributed by atoms with Crippen molar-refractivity contribution in [1.29, 1.82) is 0 Å². The van der Waals surface area contributed by atoms with Crippen LogP contribution >= 0.6 is 11.3 Å². The Balaban J connectivity index is 1.31. The number of rotatable bonds is 5. The third-order valence-electron chi connectivity index (χ3n) is 5.45. The Morgan fingerprint density at radius 1 is 1.16 bits per heavy atom. The largest absolute Gasteiger partial charge is 0.345 e. The number of amides is 1. The molecule has 0 aliphatic carbocycles. The minimum atomic E-state index is -0.231. The SMILES string of the molecule is CN(C)C1CN(c2ncc(C(=O)Nc3cc4cc(-c5cnn(C)c5)ccc4nn3)s2)C1. The van der Waals surface area contributed by atoms with Crippen molar-refractivity contribution < 1.29 is 4.79 Å². The second-order valence-corrected chi connectivity index (χ2v) is 8.90. The standard InChI is InChI=1S/C21H22N8OS/c1-27(2)16-11-29(12-16)21-22-9-18(31-21)20(30)24-19-7-14-6-13(4-5-17(14)25-26-19)15-8-23-28(3)10-15/h4-10,16H,11-12H2,1-3H3,(H,24,26,30). The third kappa shape index (κ3) is 3.87. The van der Waals surface area contributed by atoms with Crippen molar-refractivity contribution in [2.75, 3.05) is 37.4 Å². The van der Waals surface area contributed by atoms with Gasteiger partial charge in [0.05, 0.1) is 17.9 Å². The number of hydrogen-bond acceptors (Lipinski definition) is 8.